The van der Waals surface area contributed by atoms with Crippen molar-refractivity contribution in [2.75, 3.05) is 13.2 Å². The van der Waals surface area contributed by atoms with Gasteiger partial charge in [-0.3, -0.25) is 0 Å². The van der Waals surface area contributed by atoms with E-state index in [1.807, 2.05) is 20.8 Å². The van der Waals surface area contributed by atoms with Crippen molar-refractivity contribution in [1.29, 1.82) is 0 Å². The zero-order valence-corrected chi connectivity index (χ0v) is 9.58. The smallest absolute Gasteiger partial charge is 0.270 e. The van der Waals surface area contributed by atoms with Gasteiger partial charge in [0.25, 0.3) is 5.95 Å². The lowest BCUT2D eigenvalue weighted by Gasteiger charge is -2.07. The molecular formula is C9H18O2Si. The summed E-state index contributed by atoms with van der Waals surface area (Å²) < 4.78 is 10.5. The second-order valence-corrected chi connectivity index (χ2v) is 3.54. The molecule has 0 N–H and O–H groups in total. The lowest BCUT2D eigenvalue weighted by Crippen LogP contribution is -1.99. The van der Waals surface area contributed by atoms with Crippen LogP contribution in [-0.4, -0.2) is 22.7 Å². The summed E-state index contributed by atoms with van der Waals surface area (Å²) in [6, 6.07) is 0. The van der Waals surface area contributed by atoms with Gasteiger partial charge in [-0.25, -0.2) is 0 Å². The maximum Gasteiger partial charge on any atom is 0.270 e. The van der Waals surface area contributed by atoms with Gasteiger partial charge in [0.1, 0.15) is 0 Å². The molecule has 0 aromatic rings. The lowest BCUT2D eigenvalue weighted by molar-refractivity contribution is 0.0476. The average Bonchev–Trinajstić information content (AvgIpc) is 2.06. The number of ether oxygens (including phenoxy) is 2. The van der Waals surface area contributed by atoms with E-state index in [-0.39, 0.29) is 9.52 Å². The first kappa shape index (κ1) is 11.3. The third kappa shape index (κ3) is 6.04. The van der Waals surface area contributed by atoms with Gasteiger partial charge in [-0.15, -0.1) is 5.70 Å². The predicted octanol–water partition coefficient (Wildman–Crippen LogP) is 1.56. The summed E-state index contributed by atoms with van der Waals surface area (Å²) in [5.74, 6) is 0.699. The summed E-state index contributed by atoms with van der Waals surface area (Å²) in [6.07, 6.45) is 2.07. The third-order valence-electron chi connectivity index (χ3n) is 1.23. The SMILES string of the molecule is CC=C[SiH2]C=C(OCC)OCC. The zero-order valence-electron chi connectivity index (χ0n) is 8.17. The van der Waals surface area contributed by atoms with Crippen LogP contribution in [0, 0.1) is 0 Å². The molecule has 0 atom stereocenters. The van der Waals surface area contributed by atoms with Crippen molar-refractivity contribution in [3.8, 4) is 0 Å². The second-order valence-electron chi connectivity index (χ2n) is 2.19. The molecule has 0 rings (SSSR count). The van der Waals surface area contributed by atoms with Crippen molar-refractivity contribution in [2.24, 2.45) is 0 Å². The van der Waals surface area contributed by atoms with Crippen molar-refractivity contribution in [2.45, 2.75) is 20.8 Å². The van der Waals surface area contributed by atoms with E-state index < -0.39 is 0 Å². The van der Waals surface area contributed by atoms with Crippen molar-refractivity contribution in [3.05, 3.63) is 23.4 Å². The van der Waals surface area contributed by atoms with Crippen LogP contribution in [0.4, 0.5) is 0 Å². The standard InChI is InChI=1S/C9H18O2Si/c1-4-7-12-8-9(10-5-2)11-6-3/h4,7-8H,5-6,12H2,1-3H3. The Hall–Kier alpha value is -0.703. The Bertz CT molecular complexity index is 145. The second kappa shape index (κ2) is 8.39. The van der Waals surface area contributed by atoms with Crippen LogP contribution in [0.1, 0.15) is 20.8 Å². The largest absolute Gasteiger partial charge is 0.466 e. The van der Waals surface area contributed by atoms with Crippen LogP contribution in [0.15, 0.2) is 23.4 Å². The molecule has 0 unspecified atom stereocenters. The van der Waals surface area contributed by atoms with Crippen LogP contribution >= 0.6 is 0 Å². The monoisotopic (exact) mass is 186 g/mol. The quantitative estimate of drug-likeness (QED) is 0.463. The minimum Gasteiger partial charge on any atom is -0.466 e. The molecule has 70 valence electrons. The number of hydrogen-bond donors (Lipinski definition) is 0. The van der Waals surface area contributed by atoms with E-state index in [0.29, 0.717) is 19.2 Å². The third-order valence-corrected chi connectivity index (χ3v) is 2.54. The number of hydrogen-bond acceptors (Lipinski definition) is 2. The van der Waals surface area contributed by atoms with Crippen molar-refractivity contribution < 1.29 is 9.47 Å². The topological polar surface area (TPSA) is 18.5 Å². The van der Waals surface area contributed by atoms with E-state index in [4.69, 9.17) is 9.47 Å². The molecule has 0 spiro atoms. The minimum absolute atomic E-state index is 0.269. The molecule has 0 amide bonds. The molecule has 0 radical (unpaired) electrons. The van der Waals surface area contributed by atoms with E-state index in [1.54, 1.807) is 0 Å². The fourth-order valence-electron chi connectivity index (χ4n) is 0.744. The molecule has 3 heteroatoms. The maximum atomic E-state index is 5.27. The van der Waals surface area contributed by atoms with Gasteiger partial charge >= 0.3 is 0 Å². The summed E-state index contributed by atoms with van der Waals surface area (Å²) in [7, 11) is -0.269. The van der Waals surface area contributed by atoms with Crippen molar-refractivity contribution in [1.82, 2.24) is 0 Å². The first-order valence-electron chi connectivity index (χ1n) is 4.42. The van der Waals surface area contributed by atoms with Crippen LogP contribution in [0.3, 0.4) is 0 Å². The highest BCUT2D eigenvalue weighted by atomic mass is 28.2. The molecule has 0 heterocycles. The first-order valence-corrected chi connectivity index (χ1v) is 6.05. The van der Waals surface area contributed by atoms with Gasteiger partial charge in [-0.2, -0.15) is 0 Å². The Kier molecular flexibility index (Phi) is 7.90. The van der Waals surface area contributed by atoms with Gasteiger partial charge in [0.2, 0.25) is 0 Å². The molecule has 0 saturated carbocycles. The fourth-order valence-corrected chi connectivity index (χ4v) is 1.58. The lowest BCUT2D eigenvalue weighted by atomic mass is 10.8. The molecule has 0 fully saturated rings. The van der Waals surface area contributed by atoms with Gasteiger partial charge in [-0.1, -0.05) is 6.08 Å². The van der Waals surface area contributed by atoms with E-state index in [1.165, 1.54) is 0 Å². The molecule has 12 heavy (non-hydrogen) atoms. The van der Waals surface area contributed by atoms with Crippen molar-refractivity contribution in [3.63, 3.8) is 0 Å². The van der Waals surface area contributed by atoms with Gasteiger partial charge in [0.05, 0.1) is 22.7 Å². The van der Waals surface area contributed by atoms with E-state index >= 15 is 0 Å². The van der Waals surface area contributed by atoms with Gasteiger partial charge < -0.3 is 9.47 Å². The average molecular weight is 186 g/mol. The Morgan fingerprint density at radius 2 is 1.83 bits per heavy atom. The molecule has 0 aromatic carbocycles. The Morgan fingerprint density at radius 3 is 2.25 bits per heavy atom. The first-order chi connectivity index (χ1) is 5.85. The van der Waals surface area contributed by atoms with Crippen molar-refractivity contribution >= 4 is 9.52 Å². The van der Waals surface area contributed by atoms with Crippen LogP contribution in [0.25, 0.3) is 0 Å². The van der Waals surface area contributed by atoms with E-state index in [9.17, 15) is 0 Å². The molecule has 2 nitrogen and oxygen atoms in total. The van der Waals surface area contributed by atoms with Crippen LogP contribution in [-0.2, 0) is 9.47 Å². The summed E-state index contributed by atoms with van der Waals surface area (Å²) >= 11 is 0. The Labute approximate surface area is 77.1 Å². The fraction of sp³-hybridized carbons (Fsp3) is 0.556. The molecule has 0 aliphatic carbocycles. The van der Waals surface area contributed by atoms with Crippen LogP contribution in [0.2, 0.25) is 0 Å². The molecule has 0 aromatic heterocycles. The molecule has 0 aliphatic heterocycles. The summed E-state index contributed by atoms with van der Waals surface area (Å²) in [5, 5.41) is 0. The molecular weight excluding hydrogens is 168 g/mol. The van der Waals surface area contributed by atoms with E-state index in [0.717, 1.165) is 0 Å². The number of rotatable bonds is 6. The highest BCUT2D eigenvalue weighted by Crippen LogP contribution is 1.98. The number of allylic oxidation sites excluding steroid dienone is 1. The predicted molar refractivity (Wildman–Crippen MR) is 54.7 cm³/mol. The molecule has 0 bridgehead atoms. The minimum atomic E-state index is -0.269. The highest BCUT2D eigenvalue weighted by molar-refractivity contribution is 6.48. The maximum absolute atomic E-state index is 5.27. The van der Waals surface area contributed by atoms with E-state index in [2.05, 4.69) is 17.5 Å². The molecule has 0 saturated heterocycles. The Balaban J connectivity index is 3.80. The van der Waals surface area contributed by atoms with Crippen LogP contribution in [0.5, 0.6) is 0 Å². The summed E-state index contributed by atoms with van der Waals surface area (Å²) in [5.41, 5.74) is 4.27. The Morgan fingerprint density at radius 1 is 1.25 bits per heavy atom. The van der Waals surface area contributed by atoms with Gasteiger partial charge in [0.15, 0.2) is 0 Å². The summed E-state index contributed by atoms with van der Waals surface area (Å²) in [4.78, 5) is 0. The van der Waals surface area contributed by atoms with Crippen LogP contribution < -0.4 is 0 Å². The molecule has 0 aliphatic rings. The summed E-state index contributed by atoms with van der Waals surface area (Å²) in [6.45, 7) is 7.31. The van der Waals surface area contributed by atoms with Gasteiger partial charge in [0, 0.05) is 0 Å². The zero-order chi connectivity index (χ0) is 9.23. The highest BCUT2D eigenvalue weighted by Gasteiger charge is 1.93. The normalized spacial score (nSPS) is 10.9. The van der Waals surface area contributed by atoms with Gasteiger partial charge in [-0.05, 0) is 26.5 Å².